The maximum absolute atomic E-state index is 3.80. The summed E-state index contributed by atoms with van der Waals surface area (Å²) in [6, 6.07) is 0. The molecule has 1 aliphatic rings. The molecule has 0 fully saturated rings. The van der Waals surface area contributed by atoms with Crippen LogP contribution in [0.3, 0.4) is 0 Å². The van der Waals surface area contributed by atoms with Crippen molar-refractivity contribution >= 4 is 6.34 Å². The van der Waals surface area contributed by atoms with Gasteiger partial charge in [-0.05, 0) is 6.08 Å². The van der Waals surface area contributed by atoms with Crippen molar-refractivity contribution in [3.63, 3.8) is 0 Å². The minimum absolute atomic E-state index is 0.795. The SMILES string of the molecule is C1=C[N]C=NC1. The Hall–Kier alpha value is -0.790. The Morgan fingerprint density at radius 1 is 1.50 bits per heavy atom. The molecular weight excluding hydrogens is 76.1 g/mol. The summed E-state index contributed by atoms with van der Waals surface area (Å²) in [6.07, 6.45) is 5.20. The second-order valence-electron chi connectivity index (χ2n) is 1.01. The van der Waals surface area contributed by atoms with Crippen molar-refractivity contribution in [2.75, 3.05) is 6.54 Å². The maximum atomic E-state index is 3.80. The molecule has 2 nitrogen and oxygen atoms in total. The van der Waals surface area contributed by atoms with Crippen LogP contribution in [0, 0.1) is 0 Å². The van der Waals surface area contributed by atoms with E-state index in [2.05, 4.69) is 10.3 Å². The van der Waals surface area contributed by atoms with Gasteiger partial charge in [0.2, 0.25) is 0 Å². The summed E-state index contributed by atoms with van der Waals surface area (Å²) < 4.78 is 0. The van der Waals surface area contributed by atoms with Crippen LogP contribution >= 0.6 is 0 Å². The zero-order chi connectivity index (χ0) is 4.24. The van der Waals surface area contributed by atoms with Crippen molar-refractivity contribution in [3.8, 4) is 0 Å². The van der Waals surface area contributed by atoms with Gasteiger partial charge < -0.3 is 0 Å². The van der Waals surface area contributed by atoms with Crippen LogP contribution in [0.25, 0.3) is 0 Å². The van der Waals surface area contributed by atoms with E-state index in [0.717, 1.165) is 6.54 Å². The van der Waals surface area contributed by atoms with Crippen molar-refractivity contribution in [2.45, 2.75) is 0 Å². The first-order valence-electron chi connectivity index (χ1n) is 1.83. The molecule has 1 aliphatic heterocycles. The quantitative estimate of drug-likeness (QED) is 0.396. The summed E-state index contributed by atoms with van der Waals surface area (Å²) in [5, 5.41) is 3.70. The molecule has 1 heterocycles. The Morgan fingerprint density at radius 2 is 2.50 bits per heavy atom. The predicted octanol–water partition coefficient (Wildman–Crippen LogP) is 0.146. The molecule has 0 amide bonds. The van der Waals surface area contributed by atoms with E-state index in [-0.39, 0.29) is 0 Å². The van der Waals surface area contributed by atoms with Crippen LogP contribution in [-0.2, 0) is 0 Å². The smallest absolute Gasteiger partial charge is 0.110 e. The van der Waals surface area contributed by atoms with Gasteiger partial charge in [0.1, 0.15) is 6.34 Å². The highest BCUT2D eigenvalue weighted by atomic mass is 14.9. The van der Waals surface area contributed by atoms with Crippen LogP contribution in [-0.4, -0.2) is 12.9 Å². The molecule has 0 aromatic heterocycles. The van der Waals surface area contributed by atoms with Gasteiger partial charge in [0, 0.05) is 6.20 Å². The van der Waals surface area contributed by atoms with Gasteiger partial charge in [-0.2, -0.15) is 0 Å². The number of nitrogens with zero attached hydrogens (tertiary/aromatic N) is 2. The first-order valence-corrected chi connectivity index (χ1v) is 1.83. The summed E-state index contributed by atoms with van der Waals surface area (Å²) in [5.74, 6) is 0. The van der Waals surface area contributed by atoms with E-state index in [4.69, 9.17) is 0 Å². The highest BCUT2D eigenvalue weighted by Gasteiger charge is 1.76. The highest BCUT2D eigenvalue weighted by Crippen LogP contribution is 1.76. The second kappa shape index (κ2) is 1.60. The summed E-state index contributed by atoms with van der Waals surface area (Å²) in [6.45, 7) is 0.795. The van der Waals surface area contributed by atoms with Gasteiger partial charge in [-0.25, -0.2) is 5.32 Å². The lowest BCUT2D eigenvalue weighted by molar-refractivity contribution is 1.13. The Bertz CT molecular complexity index is 63.5. The molecule has 6 heavy (non-hydrogen) atoms. The molecule has 0 aromatic rings. The molecular formula is C4H5N2. The second-order valence-corrected chi connectivity index (χ2v) is 1.01. The predicted molar refractivity (Wildman–Crippen MR) is 24.6 cm³/mol. The van der Waals surface area contributed by atoms with Gasteiger partial charge >= 0.3 is 0 Å². The average Bonchev–Trinajstić information content (AvgIpc) is 1.72. The van der Waals surface area contributed by atoms with Crippen LogP contribution in [0.1, 0.15) is 0 Å². The van der Waals surface area contributed by atoms with E-state index in [9.17, 15) is 0 Å². The van der Waals surface area contributed by atoms with Gasteiger partial charge in [-0.15, -0.1) is 0 Å². The first-order chi connectivity index (χ1) is 3.00. The molecule has 0 atom stereocenters. The highest BCUT2D eigenvalue weighted by molar-refractivity contribution is 5.56. The number of hydrogen-bond acceptors (Lipinski definition) is 1. The molecule has 0 saturated carbocycles. The fraction of sp³-hybridized carbons (Fsp3) is 0.250. The average molecular weight is 81.1 g/mol. The van der Waals surface area contributed by atoms with Gasteiger partial charge in [0.05, 0.1) is 6.54 Å². The van der Waals surface area contributed by atoms with E-state index in [1.54, 1.807) is 12.5 Å². The molecule has 0 saturated heterocycles. The van der Waals surface area contributed by atoms with E-state index < -0.39 is 0 Å². The largest absolute Gasteiger partial charge is 0.269 e. The van der Waals surface area contributed by atoms with Gasteiger partial charge in [-0.1, -0.05) is 0 Å². The van der Waals surface area contributed by atoms with Gasteiger partial charge in [0.25, 0.3) is 0 Å². The van der Waals surface area contributed by atoms with Crippen LogP contribution in [0.4, 0.5) is 0 Å². The minimum atomic E-state index is 0.795. The Balaban J connectivity index is 2.40. The number of aliphatic imine (C=N–C) groups is 1. The van der Waals surface area contributed by atoms with Gasteiger partial charge in [-0.3, -0.25) is 4.99 Å². The molecule has 31 valence electrons. The molecule has 0 bridgehead atoms. The normalized spacial score (nSPS) is 17.3. The summed E-state index contributed by atoms with van der Waals surface area (Å²) in [7, 11) is 0. The minimum Gasteiger partial charge on any atom is -0.269 e. The van der Waals surface area contributed by atoms with Crippen molar-refractivity contribution in [1.29, 1.82) is 0 Å². The standard InChI is InChI=1S/C4H5N2/c1-2-5-4-6-3-1/h1-2,4H,3H2. The molecule has 1 radical (unpaired) electrons. The molecule has 1 rings (SSSR count). The zero-order valence-electron chi connectivity index (χ0n) is 3.33. The molecule has 0 unspecified atom stereocenters. The number of hydrogen-bond donors (Lipinski definition) is 0. The van der Waals surface area contributed by atoms with Gasteiger partial charge in [0.15, 0.2) is 0 Å². The zero-order valence-corrected chi connectivity index (χ0v) is 3.33. The van der Waals surface area contributed by atoms with E-state index in [1.807, 2.05) is 6.08 Å². The van der Waals surface area contributed by atoms with Crippen molar-refractivity contribution in [1.82, 2.24) is 5.32 Å². The lowest BCUT2D eigenvalue weighted by Crippen LogP contribution is -1.95. The van der Waals surface area contributed by atoms with E-state index in [0.29, 0.717) is 0 Å². The van der Waals surface area contributed by atoms with E-state index >= 15 is 0 Å². The van der Waals surface area contributed by atoms with Crippen LogP contribution < -0.4 is 5.32 Å². The molecule has 0 N–H and O–H groups in total. The Kier molecular flexibility index (Phi) is 0.906. The van der Waals surface area contributed by atoms with Crippen molar-refractivity contribution < 1.29 is 0 Å². The fourth-order valence-electron chi connectivity index (χ4n) is 0.302. The Morgan fingerprint density at radius 3 is 2.67 bits per heavy atom. The summed E-state index contributed by atoms with van der Waals surface area (Å²) >= 11 is 0. The third-order valence-electron chi connectivity index (χ3n) is 0.551. The molecule has 0 aliphatic carbocycles. The molecule has 0 aromatic carbocycles. The van der Waals surface area contributed by atoms with Crippen molar-refractivity contribution in [2.24, 2.45) is 4.99 Å². The summed E-state index contributed by atoms with van der Waals surface area (Å²) in [5.41, 5.74) is 0. The summed E-state index contributed by atoms with van der Waals surface area (Å²) in [4.78, 5) is 3.80. The Labute approximate surface area is 36.6 Å². The first kappa shape index (κ1) is 3.40. The van der Waals surface area contributed by atoms with Crippen molar-refractivity contribution in [3.05, 3.63) is 12.3 Å². The van der Waals surface area contributed by atoms with Crippen LogP contribution in [0.5, 0.6) is 0 Å². The molecule has 2 heteroatoms. The van der Waals surface area contributed by atoms with Crippen LogP contribution in [0.15, 0.2) is 17.3 Å². The maximum Gasteiger partial charge on any atom is 0.110 e. The fourth-order valence-corrected chi connectivity index (χ4v) is 0.302. The van der Waals surface area contributed by atoms with E-state index in [1.165, 1.54) is 0 Å². The lowest BCUT2D eigenvalue weighted by atomic mass is 10.6. The third kappa shape index (κ3) is 0.578. The third-order valence-corrected chi connectivity index (χ3v) is 0.551. The lowest BCUT2D eigenvalue weighted by Gasteiger charge is -1.88. The monoisotopic (exact) mass is 81.0 g/mol. The number of rotatable bonds is 0. The molecule has 0 spiro atoms. The van der Waals surface area contributed by atoms with Crippen LogP contribution in [0.2, 0.25) is 0 Å². The topological polar surface area (TPSA) is 26.5 Å².